The Kier molecular flexibility index (Phi) is 4.42. The van der Waals surface area contributed by atoms with E-state index >= 15 is 0 Å². The first-order valence-corrected chi connectivity index (χ1v) is 10.6. The summed E-state index contributed by atoms with van der Waals surface area (Å²) in [6, 6.07) is 9.23. The maximum absolute atomic E-state index is 13.2. The molecule has 166 valence electrons. The minimum atomic E-state index is -0.429. The number of hydrogen-bond donors (Lipinski definition) is 0. The van der Waals surface area contributed by atoms with Gasteiger partial charge in [0, 0.05) is 18.4 Å². The fourth-order valence-electron chi connectivity index (χ4n) is 4.59. The highest BCUT2D eigenvalue weighted by molar-refractivity contribution is 6.00. The number of nitrogens with zero attached hydrogens (tertiary/aromatic N) is 4. The molecule has 3 aromatic heterocycles. The van der Waals surface area contributed by atoms with E-state index in [2.05, 4.69) is 10.1 Å². The van der Waals surface area contributed by atoms with Crippen LogP contribution < -0.4 is 14.2 Å². The Morgan fingerprint density at radius 1 is 1.12 bits per heavy atom. The molecule has 4 heterocycles. The van der Waals surface area contributed by atoms with Crippen molar-refractivity contribution < 1.29 is 23.4 Å². The van der Waals surface area contributed by atoms with Gasteiger partial charge in [-0.3, -0.25) is 4.79 Å². The molecule has 1 aliphatic heterocycles. The molecular weight excluding hydrogens is 424 g/mol. The molecule has 9 heteroatoms. The first-order chi connectivity index (χ1) is 16.2. The van der Waals surface area contributed by atoms with E-state index in [4.69, 9.17) is 23.6 Å². The number of ketones is 1. The van der Waals surface area contributed by atoms with Gasteiger partial charge < -0.3 is 18.6 Å². The van der Waals surface area contributed by atoms with E-state index in [-0.39, 0.29) is 5.78 Å². The topological polar surface area (TPSA) is 101 Å². The molecule has 0 bridgehead atoms. The predicted molar refractivity (Wildman–Crippen MR) is 116 cm³/mol. The summed E-state index contributed by atoms with van der Waals surface area (Å²) in [5, 5.41) is 4.52. The number of carbonyl (C=O) groups is 1. The van der Waals surface area contributed by atoms with E-state index in [1.54, 1.807) is 43.5 Å². The van der Waals surface area contributed by atoms with Crippen LogP contribution in [-0.4, -0.2) is 39.6 Å². The van der Waals surface area contributed by atoms with Crippen LogP contribution in [0.5, 0.6) is 17.4 Å². The SMILES string of the molecule is COc1ccc([C@H]2C3=C(CCCC3=O)Oc3ncn4nc(-c5ccco5)nc4c32)cc1OC. The first-order valence-electron chi connectivity index (χ1n) is 10.6. The fourth-order valence-corrected chi connectivity index (χ4v) is 4.59. The second kappa shape index (κ2) is 7.47. The molecule has 33 heavy (non-hydrogen) atoms. The number of rotatable bonds is 4. The third-order valence-corrected chi connectivity index (χ3v) is 6.08. The number of furan rings is 1. The van der Waals surface area contributed by atoms with Crippen LogP contribution in [0.15, 0.2) is 58.7 Å². The number of allylic oxidation sites excluding steroid dienone is 2. The molecule has 0 amide bonds. The minimum Gasteiger partial charge on any atom is -0.493 e. The number of carbonyl (C=O) groups excluding carboxylic acids is 1. The Morgan fingerprint density at radius 2 is 2.00 bits per heavy atom. The van der Waals surface area contributed by atoms with Crippen molar-refractivity contribution in [3.8, 4) is 29.0 Å². The summed E-state index contributed by atoms with van der Waals surface area (Å²) < 4.78 is 24.2. The van der Waals surface area contributed by atoms with E-state index in [9.17, 15) is 4.79 Å². The molecule has 2 aliphatic rings. The van der Waals surface area contributed by atoms with E-state index in [1.807, 2.05) is 18.2 Å². The van der Waals surface area contributed by atoms with Crippen LogP contribution in [0.25, 0.3) is 17.2 Å². The number of aromatic nitrogens is 4. The second-order valence-corrected chi connectivity index (χ2v) is 7.91. The lowest BCUT2D eigenvalue weighted by molar-refractivity contribution is -0.116. The third kappa shape index (κ3) is 3.00. The van der Waals surface area contributed by atoms with Crippen molar-refractivity contribution in [2.45, 2.75) is 25.2 Å². The molecule has 0 saturated carbocycles. The number of hydrogen-bond acceptors (Lipinski definition) is 8. The quantitative estimate of drug-likeness (QED) is 0.467. The minimum absolute atomic E-state index is 0.0643. The number of benzene rings is 1. The molecule has 6 rings (SSSR count). The van der Waals surface area contributed by atoms with E-state index < -0.39 is 5.92 Å². The van der Waals surface area contributed by atoms with Crippen LogP contribution in [-0.2, 0) is 4.79 Å². The van der Waals surface area contributed by atoms with Gasteiger partial charge in [0.2, 0.25) is 11.7 Å². The van der Waals surface area contributed by atoms with Crippen LogP contribution in [0.3, 0.4) is 0 Å². The number of Topliss-reactive ketones (excluding diaryl/α,β-unsaturated/α-hetero) is 1. The van der Waals surface area contributed by atoms with Crippen molar-refractivity contribution in [3.05, 3.63) is 65.4 Å². The van der Waals surface area contributed by atoms with Crippen molar-refractivity contribution in [2.24, 2.45) is 0 Å². The Morgan fingerprint density at radius 3 is 2.79 bits per heavy atom. The van der Waals surface area contributed by atoms with Gasteiger partial charge in [-0.05, 0) is 36.2 Å². The van der Waals surface area contributed by atoms with Gasteiger partial charge in [0.05, 0.1) is 32.0 Å². The first kappa shape index (κ1) is 19.5. The van der Waals surface area contributed by atoms with Crippen LogP contribution in [0.2, 0.25) is 0 Å². The van der Waals surface area contributed by atoms with Gasteiger partial charge in [-0.1, -0.05) is 6.07 Å². The monoisotopic (exact) mass is 444 g/mol. The molecule has 0 N–H and O–H groups in total. The molecule has 0 spiro atoms. The summed E-state index contributed by atoms with van der Waals surface area (Å²) in [5.41, 5.74) is 2.73. The smallest absolute Gasteiger partial charge is 0.228 e. The lowest BCUT2D eigenvalue weighted by Crippen LogP contribution is -2.26. The van der Waals surface area contributed by atoms with E-state index in [0.717, 1.165) is 12.0 Å². The van der Waals surface area contributed by atoms with Gasteiger partial charge in [0.15, 0.2) is 28.7 Å². The average molecular weight is 444 g/mol. The summed E-state index contributed by atoms with van der Waals surface area (Å²) in [4.78, 5) is 22.4. The zero-order chi connectivity index (χ0) is 22.5. The summed E-state index contributed by atoms with van der Waals surface area (Å²) in [6.45, 7) is 0. The fraction of sp³-hybridized carbons (Fsp3) is 0.250. The maximum atomic E-state index is 13.2. The van der Waals surface area contributed by atoms with Crippen LogP contribution in [0.1, 0.15) is 36.3 Å². The summed E-state index contributed by atoms with van der Waals surface area (Å²) in [6.07, 6.45) is 5.04. The molecule has 0 saturated heterocycles. The maximum Gasteiger partial charge on any atom is 0.228 e. The highest BCUT2D eigenvalue weighted by Crippen LogP contribution is 2.48. The Labute approximate surface area is 188 Å². The van der Waals surface area contributed by atoms with Crippen molar-refractivity contribution in [3.63, 3.8) is 0 Å². The highest BCUT2D eigenvalue weighted by atomic mass is 16.5. The molecule has 1 atom stereocenters. The molecule has 1 aromatic carbocycles. The largest absolute Gasteiger partial charge is 0.493 e. The van der Waals surface area contributed by atoms with E-state index in [1.165, 1.54) is 0 Å². The van der Waals surface area contributed by atoms with Crippen molar-refractivity contribution in [1.82, 2.24) is 19.6 Å². The lowest BCUT2D eigenvalue weighted by atomic mass is 9.78. The van der Waals surface area contributed by atoms with Gasteiger partial charge in [0.1, 0.15) is 12.1 Å². The molecule has 4 aromatic rings. The number of ether oxygens (including phenoxy) is 3. The van der Waals surface area contributed by atoms with Gasteiger partial charge in [0.25, 0.3) is 0 Å². The summed E-state index contributed by atoms with van der Waals surface area (Å²) in [7, 11) is 3.18. The van der Waals surface area contributed by atoms with Crippen LogP contribution >= 0.6 is 0 Å². The number of fused-ring (bicyclic) bond motifs is 3. The van der Waals surface area contributed by atoms with Gasteiger partial charge in [-0.25, -0.2) is 14.5 Å². The molecule has 0 radical (unpaired) electrons. The Balaban J connectivity index is 1.61. The molecule has 0 unspecified atom stereocenters. The average Bonchev–Trinajstić information content (AvgIpc) is 3.52. The van der Waals surface area contributed by atoms with Crippen LogP contribution in [0.4, 0.5) is 0 Å². The normalized spacial score (nSPS) is 17.5. The van der Waals surface area contributed by atoms with Crippen LogP contribution in [0, 0.1) is 0 Å². The molecule has 9 nitrogen and oxygen atoms in total. The zero-order valence-corrected chi connectivity index (χ0v) is 18.1. The molecule has 1 aliphatic carbocycles. The lowest BCUT2D eigenvalue weighted by Gasteiger charge is -2.32. The summed E-state index contributed by atoms with van der Waals surface area (Å²) in [5.74, 6) is 2.88. The van der Waals surface area contributed by atoms with Gasteiger partial charge >= 0.3 is 0 Å². The standard InChI is InChI=1S/C24H20N4O5/c1-30-15-9-8-13(11-18(15)31-2)19-20-14(29)5-3-6-16(20)33-24-21(19)23-26-22(17-7-4-10-32-17)27-28(23)12-25-24/h4,7-12,19H,3,5-6H2,1-2H3/t19-/m0/s1. The predicted octanol–water partition coefficient (Wildman–Crippen LogP) is 3.93. The summed E-state index contributed by atoms with van der Waals surface area (Å²) >= 11 is 0. The molecular formula is C24H20N4O5. The number of methoxy groups -OCH3 is 2. The zero-order valence-electron chi connectivity index (χ0n) is 18.1. The van der Waals surface area contributed by atoms with Gasteiger partial charge in [-0.2, -0.15) is 0 Å². The third-order valence-electron chi connectivity index (χ3n) is 6.08. The van der Waals surface area contributed by atoms with E-state index in [0.29, 0.717) is 64.3 Å². The van der Waals surface area contributed by atoms with Crippen molar-refractivity contribution in [1.29, 1.82) is 0 Å². The second-order valence-electron chi connectivity index (χ2n) is 7.91. The molecule has 0 fully saturated rings. The Bertz CT molecular complexity index is 1420. The van der Waals surface area contributed by atoms with Gasteiger partial charge in [-0.15, -0.1) is 5.10 Å². The van der Waals surface area contributed by atoms with Crippen molar-refractivity contribution >= 4 is 11.4 Å². The van der Waals surface area contributed by atoms with Crippen molar-refractivity contribution in [2.75, 3.05) is 14.2 Å². The highest BCUT2D eigenvalue weighted by Gasteiger charge is 2.40. The Hall–Kier alpha value is -4.14.